The molecule has 3 rings (SSSR count). The van der Waals surface area contributed by atoms with E-state index in [9.17, 15) is 8.42 Å². The number of aryl methyl sites for hydroxylation is 1. The fourth-order valence-electron chi connectivity index (χ4n) is 2.43. The van der Waals surface area contributed by atoms with Crippen LogP contribution >= 0.6 is 0 Å². The van der Waals surface area contributed by atoms with Crippen molar-refractivity contribution < 1.29 is 8.42 Å². The lowest BCUT2D eigenvalue weighted by Gasteiger charge is -2.02. The van der Waals surface area contributed by atoms with Crippen LogP contribution in [-0.4, -0.2) is 24.7 Å². The maximum atomic E-state index is 12.1. The number of para-hydroxylation sites is 1. The Kier molecular flexibility index (Phi) is 5.65. The Hall–Kier alpha value is -2.70. The molecule has 6 heteroatoms. The van der Waals surface area contributed by atoms with Gasteiger partial charge in [0.25, 0.3) is 0 Å². The van der Waals surface area contributed by atoms with Crippen LogP contribution in [0.5, 0.6) is 0 Å². The minimum atomic E-state index is -3.47. The third-order valence-corrected chi connectivity index (χ3v) is 4.97. The summed E-state index contributed by atoms with van der Waals surface area (Å²) in [7, 11) is -3.47. The van der Waals surface area contributed by atoms with E-state index >= 15 is 0 Å². The summed E-state index contributed by atoms with van der Waals surface area (Å²) in [6, 6.07) is 19.3. The molecule has 0 spiro atoms. The molecule has 0 bridgehead atoms. The Balaban J connectivity index is 1.54. The van der Waals surface area contributed by atoms with Gasteiger partial charge in [0.1, 0.15) is 0 Å². The molecule has 0 aliphatic carbocycles. The molecule has 26 heavy (non-hydrogen) atoms. The molecule has 3 aromatic rings. The molecular weight excluding hydrogens is 346 g/mol. The molecular formula is C20H21N3O2S. The highest BCUT2D eigenvalue weighted by Gasteiger charge is 2.06. The van der Waals surface area contributed by atoms with E-state index in [0.717, 1.165) is 22.5 Å². The lowest BCUT2D eigenvalue weighted by molar-refractivity contribution is 0.590. The number of hydrogen-bond acceptors (Lipinski definition) is 3. The van der Waals surface area contributed by atoms with Gasteiger partial charge in [-0.2, -0.15) is 5.10 Å². The van der Waals surface area contributed by atoms with Crippen LogP contribution in [0.25, 0.3) is 11.8 Å². The molecule has 134 valence electrons. The van der Waals surface area contributed by atoms with E-state index in [1.807, 2.05) is 73.8 Å². The van der Waals surface area contributed by atoms with Crippen LogP contribution < -0.4 is 4.72 Å². The van der Waals surface area contributed by atoms with Gasteiger partial charge < -0.3 is 0 Å². The first-order valence-corrected chi connectivity index (χ1v) is 9.91. The van der Waals surface area contributed by atoms with Gasteiger partial charge in [0.15, 0.2) is 0 Å². The zero-order chi connectivity index (χ0) is 18.4. The van der Waals surface area contributed by atoms with Gasteiger partial charge in [-0.25, -0.2) is 17.8 Å². The van der Waals surface area contributed by atoms with Gasteiger partial charge in [-0.05, 0) is 36.8 Å². The van der Waals surface area contributed by atoms with E-state index in [4.69, 9.17) is 0 Å². The molecule has 0 aliphatic rings. The Morgan fingerprint density at radius 3 is 2.50 bits per heavy atom. The molecule has 0 saturated heterocycles. The van der Waals surface area contributed by atoms with Crippen molar-refractivity contribution in [3.8, 4) is 5.69 Å². The first-order valence-electron chi connectivity index (χ1n) is 8.36. The highest BCUT2D eigenvalue weighted by Crippen LogP contribution is 2.08. The third-order valence-electron chi connectivity index (χ3n) is 3.87. The van der Waals surface area contributed by atoms with Crippen molar-refractivity contribution in [1.82, 2.24) is 14.5 Å². The predicted octanol–water partition coefficient (Wildman–Crippen LogP) is 3.31. The van der Waals surface area contributed by atoms with Crippen molar-refractivity contribution in [3.05, 3.63) is 89.1 Å². The number of hydrogen-bond donors (Lipinski definition) is 1. The third kappa shape index (κ3) is 5.15. The molecule has 0 radical (unpaired) electrons. The van der Waals surface area contributed by atoms with Gasteiger partial charge in [0.05, 0.1) is 11.4 Å². The normalized spacial score (nSPS) is 11.9. The van der Waals surface area contributed by atoms with Crippen LogP contribution in [0, 0.1) is 6.92 Å². The molecule has 0 aliphatic heterocycles. The van der Waals surface area contributed by atoms with E-state index in [1.54, 1.807) is 10.8 Å². The number of nitrogens with zero attached hydrogens (tertiary/aromatic N) is 2. The van der Waals surface area contributed by atoms with E-state index in [-0.39, 0.29) is 0 Å². The fourth-order valence-corrected chi connectivity index (χ4v) is 3.25. The molecule has 1 heterocycles. The highest BCUT2D eigenvalue weighted by atomic mass is 32.2. The van der Waals surface area contributed by atoms with Crippen molar-refractivity contribution in [2.75, 3.05) is 6.54 Å². The molecule has 5 nitrogen and oxygen atoms in total. The lowest BCUT2D eigenvalue weighted by Crippen LogP contribution is -2.23. The summed E-state index contributed by atoms with van der Waals surface area (Å²) in [6.07, 6.45) is 3.99. The summed E-state index contributed by atoms with van der Waals surface area (Å²) in [6.45, 7) is 2.29. The van der Waals surface area contributed by atoms with Crippen molar-refractivity contribution in [1.29, 1.82) is 0 Å². The van der Waals surface area contributed by atoms with E-state index in [1.165, 1.54) is 5.41 Å². The van der Waals surface area contributed by atoms with E-state index in [2.05, 4.69) is 9.82 Å². The van der Waals surface area contributed by atoms with Gasteiger partial charge in [0.2, 0.25) is 10.0 Å². The second kappa shape index (κ2) is 8.12. The van der Waals surface area contributed by atoms with Crippen LogP contribution in [-0.2, 0) is 16.4 Å². The number of aromatic nitrogens is 2. The van der Waals surface area contributed by atoms with Crippen molar-refractivity contribution >= 4 is 16.1 Å². The topological polar surface area (TPSA) is 64.0 Å². The average molecular weight is 367 g/mol. The second-order valence-electron chi connectivity index (χ2n) is 5.99. The molecule has 1 aromatic heterocycles. The van der Waals surface area contributed by atoms with Gasteiger partial charge in [-0.1, -0.05) is 48.0 Å². The molecule has 0 saturated carbocycles. The van der Waals surface area contributed by atoms with Crippen LogP contribution in [0.2, 0.25) is 0 Å². The maximum Gasteiger partial charge on any atom is 0.233 e. The molecule has 2 aromatic carbocycles. The highest BCUT2D eigenvalue weighted by molar-refractivity contribution is 7.92. The van der Waals surface area contributed by atoms with Gasteiger partial charge in [-0.15, -0.1) is 0 Å². The molecule has 0 unspecified atom stereocenters. The smallest absolute Gasteiger partial charge is 0.233 e. The summed E-state index contributed by atoms with van der Waals surface area (Å²) >= 11 is 0. The number of sulfonamides is 1. The Bertz CT molecular complexity index is 975. The zero-order valence-electron chi connectivity index (χ0n) is 14.5. The molecule has 0 amide bonds. The molecule has 0 fully saturated rings. The van der Waals surface area contributed by atoms with E-state index in [0.29, 0.717) is 13.0 Å². The summed E-state index contributed by atoms with van der Waals surface area (Å²) in [5.41, 5.74) is 3.79. The monoisotopic (exact) mass is 367 g/mol. The Morgan fingerprint density at radius 2 is 1.77 bits per heavy atom. The van der Waals surface area contributed by atoms with Crippen LogP contribution in [0.1, 0.15) is 16.8 Å². The summed E-state index contributed by atoms with van der Waals surface area (Å²) < 4.78 is 28.5. The second-order valence-corrected chi connectivity index (χ2v) is 7.64. The molecule has 0 atom stereocenters. The molecule has 1 N–H and O–H groups in total. The summed E-state index contributed by atoms with van der Waals surface area (Å²) in [4.78, 5) is 0. The van der Waals surface area contributed by atoms with Crippen LogP contribution in [0.15, 0.2) is 72.3 Å². The first kappa shape index (κ1) is 18.1. The average Bonchev–Trinajstić information content (AvgIpc) is 3.11. The van der Waals surface area contributed by atoms with Gasteiger partial charge in [-0.3, -0.25) is 0 Å². The zero-order valence-corrected chi connectivity index (χ0v) is 15.4. The van der Waals surface area contributed by atoms with Crippen molar-refractivity contribution in [2.45, 2.75) is 13.3 Å². The standard InChI is InChI=1S/C20H21N3O2S/c1-17-7-9-18(10-8-17)13-16-26(24,25)21-14-11-19-12-15-23(22-19)20-5-3-2-4-6-20/h2-10,12-13,15-16,21H,11,14H2,1H3/b16-13+. The van der Waals surface area contributed by atoms with Gasteiger partial charge in [0, 0.05) is 24.6 Å². The largest absolute Gasteiger partial charge is 0.241 e. The fraction of sp³-hybridized carbons (Fsp3) is 0.150. The minimum Gasteiger partial charge on any atom is -0.241 e. The number of rotatable bonds is 7. The minimum absolute atomic E-state index is 0.298. The van der Waals surface area contributed by atoms with Crippen molar-refractivity contribution in [3.63, 3.8) is 0 Å². The lowest BCUT2D eigenvalue weighted by atomic mass is 10.2. The van der Waals surface area contributed by atoms with E-state index < -0.39 is 10.0 Å². The first-order chi connectivity index (χ1) is 12.5. The quantitative estimate of drug-likeness (QED) is 0.697. The maximum absolute atomic E-state index is 12.1. The van der Waals surface area contributed by atoms with Crippen molar-refractivity contribution in [2.24, 2.45) is 0 Å². The number of nitrogens with one attached hydrogen (secondary N) is 1. The summed E-state index contributed by atoms with van der Waals surface area (Å²) in [5.74, 6) is 0. The Morgan fingerprint density at radius 1 is 1.04 bits per heavy atom. The Labute approximate surface area is 154 Å². The van der Waals surface area contributed by atoms with Crippen LogP contribution in [0.4, 0.5) is 0 Å². The van der Waals surface area contributed by atoms with Gasteiger partial charge >= 0.3 is 0 Å². The predicted molar refractivity (Wildman–Crippen MR) is 104 cm³/mol. The summed E-state index contributed by atoms with van der Waals surface area (Å²) in [5, 5.41) is 5.66. The van der Waals surface area contributed by atoms with Crippen LogP contribution in [0.3, 0.4) is 0 Å². The number of benzene rings is 2. The SMILES string of the molecule is Cc1ccc(/C=C/S(=O)(=O)NCCc2ccn(-c3ccccc3)n2)cc1.